The Bertz CT molecular complexity index is 2020. The molecule has 1 atom stereocenters. The van der Waals surface area contributed by atoms with Crippen LogP contribution in [0.5, 0.6) is 0 Å². The fourth-order valence-electron chi connectivity index (χ4n) is 5.88. The van der Waals surface area contributed by atoms with Gasteiger partial charge < -0.3 is 20.7 Å². The van der Waals surface area contributed by atoms with Gasteiger partial charge in [-0.15, -0.1) is 23.1 Å². The van der Waals surface area contributed by atoms with Crippen LogP contribution in [0.25, 0.3) is 6.08 Å². The SMILES string of the molecule is CCOC(=O)c1c(NC(=O)CSc2cccc(NC(=O)/C(=C\c3ccccc3[N+](=O)[O-])NC(=O)c3ccccc3)c2)sc2c1CCC(C(C)(C)C)C2. The van der Waals surface area contributed by atoms with Crippen molar-refractivity contribution < 1.29 is 28.8 Å². The highest BCUT2D eigenvalue weighted by molar-refractivity contribution is 8.00. The first kappa shape index (κ1) is 38.0. The molecule has 270 valence electrons. The van der Waals surface area contributed by atoms with E-state index >= 15 is 0 Å². The number of nitrogens with one attached hydrogen (secondary N) is 3. The molecule has 0 spiro atoms. The summed E-state index contributed by atoms with van der Waals surface area (Å²) in [6.07, 6.45) is 3.81. The van der Waals surface area contributed by atoms with Gasteiger partial charge in [-0.2, -0.15) is 0 Å². The van der Waals surface area contributed by atoms with Gasteiger partial charge in [0.15, 0.2) is 0 Å². The van der Waals surface area contributed by atoms with Gasteiger partial charge in [0.1, 0.15) is 10.7 Å². The Morgan fingerprint density at radius 3 is 2.44 bits per heavy atom. The number of carbonyl (C=O) groups is 4. The summed E-state index contributed by atoms with van der Waals surface area (Å²) >= 11 is 2.68. The topological polar surface area (TPSA) is 157 Å². The minimum absolute atomic E-state index is 0.0306. The molecule has 13 heteroatoms. The van der Waals surface area contributed by atoms with Gasteiger partial charge in [-0.25, -0.2) is 4.79 Å². The lowest BCUT2D eigenvalue weighted by molar-refractivity contribution is -0.385. The van der Waals surface area contributed by atoms with Crippen LogP contribution in [0.3, 0.4) is 0 Å². The maximum Gasteiger partial charge on any atom is 0.341 e. The predicted octanol–water partition coefficient (Wildman–Crippen LogP) is 8.12. The minimum Gasteiger partial charge on any atom is -0.462 e. The Hall–Kier alpha value is -5.27. The first-order valence-corrected chi connectivity index (χ1v) is 18.6. The number of nitro groups is 1. The zero-order chi connectivity index (χ0) is 37.4. The third-order valence-electron chi connectivity index (χ3n) is 8.65. The lowest BCUT2D eigenvalue weighted by atomic mass is 9.72. The Morgan fingerprint density at radius 1 is 1.00 bits per heavy atom. The monoisotopic (exact) mass is 740 g/mol. The molecule has 3 aromatic carbocycles. The highest BCUT2D eigenvalue weighted by Gasteiger charge is 2.34. The van der Waals surface area contributed by atoms with Gasteiger partial charge in [0.05, 0.1) is 28.4 Å². The molecule has 0 aliphatic heterocycles. The second-order valence-corrected chi connectivity index (χ2v) is 15.4. The number of hydrogen-bond donors (Lipinski definition) is 3. The van der Waals surface area contributed by atoms with Gasteiger partial charge in [-0.1, -0.05) is 57.2 Å². The van der Waals surface area contributed by atoms with Gasteiger partial charge in [-0.05, 0) is 85.6 Å². The maximum atomic E-state index is 13.6. The number of ether oxygens (including phenoxy) is 1. The van der Waals surface area contributed by atoms with Crippen LogP contribution in [0, 0.1) is 21.4 Å². The molecule has 1 aliphatic carbocycles. The van der Waals surface area contributed by atoms with E-state index in [-0.39, 0.29) is 40.6 Å². The Morgan fingerprint density at radius 2 is 1.73 bits per heavy atom. The van der Waals surface area contributed by atoms with Crippen LogP contribution in [-0.2, 0) is 27.2 Å². The number of thioether (sulfide) groups is 1. The molecule has 5 rings (SSSR count). The summed E-state index contributed by atoms with van der Waals surface area (Å²) in [5, 5.41) is 20.5. The van der Waals surface area contributed by atoms with Crippen LogP contribution in [0.15, 0.2) is 89.5 Å². The highest BCUT2D eigenvalue weighted by Crippen LogP contribution is 2.44. The van der Waals surface area contributed by atoms with E-state index in [1.807, 2.05) is 0 Å². The third-order valence-corrected chi connectivity index (χ3v) is 10.8. The fourth-order valence-corrected chi connectivity index (χ4v) is 7.97. The molecule has 0 bridgehead atoms. The number of thiophene rings is 1. The van der Waals surface area contributed by atoms with Crippen molar-refractivity contribution in [2.75, 3.05) is 23.0 Å². The zero-order valence-corrected chi connectivity index (χ0v) is 31.0. The quantitative estimate of drug-likeness (QED) is 0.0432. The van der Waals surface area contributed by atoms with Gasteiger partial charge in [0.25, 0.3) is 17.5 Å². The van der Waals surface area contributed by atoms with Crippen LogP contribution < -0.4 is 16.0 Å². The lowest BCUT2D eigenvalue weighted by Crippen LogP contribution is -2.30. The average molecular weight is 741 g/mol. The summed E-state index contributed by atoms with van der Waals surface area (Å²) in [5.41, 5.74) is 1.90. The number of amides is 3. The zero-order valence-electron chi connectivity index (χ0n) is 29.3. The number of fused-ring (bicyclic) bond motifs is 1. The Labute approximate surface area is 310 Å². The smallest absolute Gasteiger partial charge is 0.341 e. The first-order valence-electron chi connectivity index (χ1n) is 16.8. The van der Waals surface area contributed by atoms with Crippen molar-refractivity contribution in [1.82, 2.24) is 5.32 Å². The van der Waals surface area contributed by atoms with Crippen molar-refractivity contribution in [3.05, 3.63) is 122 Å². The van der Waals surface area contributed by atoms with Crippen molar-refractivity contribution >= 4 is 69.2 Å². The summed E-state index contributed by atoms with van der Waals surface area (Å²) in [6.45, 7) is 8.65. The molecule has 11 nitrogen and oxygen atoms in total. The van der Waals surface area contributed by atoms with Crippen LogP contribution >= 0.6 is 23.1 Å². The van der Waals surface area contributed by atoms with Gasteiger partial charge in [0.2, 0.25) is 5.91 Å². The van der Waals surface area contributed by atoms with Crippen LogP contribution in [0.4, 0.5) is 16.4 Å². The van der Waals surface area contributed by atoms with E-state index in [1.54, 1.807) is 67.6 Å². The normalized spacial score (nSPS) is 14.2. The van der Waals surface area contributed by atoms with E-state index in [0.29, 0.717) is 32.6 Å². The molecule has 1 unspecified atom stereocenters. The van der Waals surface area contributed by atoms with E-state index in [1.165, 1.54) is 47.4 Å². The van der Waals surface area contributed by atoms with Crippen LogP contribution in [0.1, 0.15) is 70.8 Å². The summed E-state index contributed by atoms with van der Waals surface area (Å²) in [4.78, 5) is 65.7. The number of benzene rings is 3. The van der Waals surface area contributed by atoms with Gasteiger partial charge in [0, 0.05) is 27.1 Å². The fraction of sp³-hybridized carbons (Fsp3) is 0.282. The molecule has 3 amide bonds. The number of nitrogens with zero attached hydrogens (tertiary/aromatic N) is 1. The van der Waals surface area contributed by atoms with Crippen molar-refractivity contribution in [3.8, 4) is 0 Å². The molecule has 0 saturated carbocycles. The molecular formula is C39H40N4O7S2. The van der Waals surface area contributed by atoms with Crippen LogP contribution in [-0.4, -0.2) is 41.0 Å². The molecule has 0 radical (unpaired) electrons. The predicted molar refractivity (Wildman–Crippen MR) is 205 cm³/mol. The van der Waals surface area contributed by atoms with Crippen LogP contribution in [0.2, 0.25) is 0 Å². The van der Waals surface area contributed by atoms with Crippen molar-refractivity contribution in [1.29, 1.82) is 0 Å². The van der Waals surface area contributed by atoms with Crippen molar-refractivity contribution in [3.63, 3.8) is 0 Å². The largest absolute Gasteiger partial charge is 0.462 e. The van der Waals surface area contributed by atoms with Crippen molar-refractivity contribution in [2.24, 2.45) is 11.3 Å². The first-order chi connectivity index (χ1) is 24.8. The number of esters is 1. The van der Waals surface area contributed by atoms with Crippen molar-refractivity contribution in [2.45, 2.75) is 51.9 Å². The number of rotatable bonds is 12. The number of carbonyl (C=O) groups excluding carboxylic acids is 4. The standard InChI is InChI=1S/C39H40N4O7S2/c1-5-50-38(47)34-29-19-18-26(39(2,3)4)21-32(29)52-37(34)42-33(44)23-51-28-16-11-15-27(22-28)40-36(46)30(41-35(45)24-12-7-6-8-13-24)20-25-14-9-10-17-31(25)43(48)49/h6-17,20,22,26H,5,18-19,21,23H2,1-4H3,(H,40,46)(H,41,45)(H,42,44)/b30-20+. The maximum absolute atomic E-state index is 13.6. The van der Waals surface area contributed by atoms with E-state index in [4.69, 9.17) is 4.74 Å². The molecule has 1 heterocycles. The molecule has 1 aromatic heterocycles. The highest BCUT2D eigenvalue weighted by atomic mass is 32.2. The number of anilines is 2. The van der Waals surface area contributed by atoms with E-state index in [9.17, 15) is 29.3 Å². The molecule has 1 aliphatic rings. The number of nitro benzene ring substituents is 1. The summed E-state index contributed by atoms with van der Waals surface area (Å²) < 4.78 is 5.37. The van der Waals surface area contributed by atoms with Gasteiger partial charge in [-0.3, -0.25) is 24.5 Å². The second kappa shape index (κ2) is 16.8. The van der Waals surface area contributed by atoms with Gasteiger partial charge >= 0.3 is 5.97 Å². The summed E-state index contributed by atoms with van der Waals surface area (Å²) in [5.74, 6) is -1.51. The average Bonchev–Trinajstić information content (AvgIpc) is 3.48. The Balaban J connectivity index is 1.30. The molecule has 0 saturated heterocycles. The van der Waals surface area contributed by atoms with E-state index in [2.05, 4.69) is 36.7 Å². The van der Waals surface area contributed by atoms with E-state index < -0.39 is 22.7 Å². The minimum atomic E-state index is -0.704. The Kier molecular flexibility index (Phi) is 12.3. The molecule has 52 heavy (non-hydrogen) atoms. The molecule has 0 fully saturated rings. The molecule has 3 N–H and O–H groups in total. The lowest BCUT2D eigenvalue weighted by Gasteiger charge is -2.33. The number of hydrogen-bond acceptors (Lipinski definition) is 9. The molecule has 4 aromatic rings. The summed E-state index contributed by atoms with van der Waals surface area (Å²) in [7, 11) is 0. The summed E-state index contributed by atoms with van der Waals surface area (Å²) in [6, 6.07) is 21.0. The molecular weight excluding hydrogens is 701 g/mol. The number of para-hydroxylation sites is 1. The third kappa shape index (κ3) is 9.53. The van der Waals surface area contributed by atoms with E-state index in [0.717, 1.165) is 29.7 Å². The second-order valence-electron chi connectivity index (χ2n) is 13.2.